The number of rotatable bonds is 10. The van der Waals surface area contributed by atoms with E-state index in [2.05, 4.69) is 44.8 Å². The first-order valence-corrected chi connectivity index (χ1v) is 7.09. The Morgan fingerprint density at radius 3 is 2.19 bits per heavy atom. The fourth-order valence-electron chi connectivity index (χ4n) is 2.13. The van der Waals surface area contributed by atoms with Crippen LogP contribution in [0.1, 0.15) is 60.3 Å². The van der Waals surface area contributed by atoms with E-state index in [0.29, 0.717) is 12.1 Å². The molecule has 0 saturated carbocycles. The molecule has 0 saturated heterocycles. The molecule has 0 heterocycles. The summed E-state index contributed by atoms with van der Waals surface area (Å²) in [7, 11) is 0. The Morgan fingerprint density at radius 1 is 1.00 bits per heavy atom. The molecular formula is C14H32N2. The zero-order valence-corrected chi connectivity index (χ0v) is 12.1. The Morgan fingerprint density at radius 2 is 1.69 bits per heavy atom. The molecule has 0 rings (SSSR count). The molecule has 2 nitrogen and oxygen atoms in total. The third-order valence-corrected chi connectivity index (χ3v) is 3.13. The first-order valence-electron chi connectivity index (χ1n) is 7.09. The van der Waals surface area contributed by atoms with Crippen LogP contribution in [0.5, 0.6) is 0 Å². The van der Waals surface area contributed by atoms with Gasteiger partial charge in [0, 0.05) is 12.1 Å². The maximum Gasteiger partial charge on any atom is 0.00386 e. The second-order valence-corrected chi connectivity index (χ2v) is 5.08. The van der Waals surface area contributed by atoms with Crippen LogP contribution in [0.15, 0.2) is 0 Å². The van der Waals surface area contributed by atoms with Crippen molar-refractivity contribution in [1.82, 2.24) is 10.2 Å². The van der Waals surface area contributed by atoms with Crippen LogP contribution in [0, 0.1) is 0 Å². The molecule has 2 heteroatoms. The second-order valence-electron chi connectivity index (χ2n) is 5.08. The molecule has 1 atom stereocenters. The molecule has 0 aliphatic rings. The largest absolute Gasteiger partial charge is 0.315 e. The number of hydrogen-bond acceptors (Lipinski definition) is 2. The first kappa shape index (κ1) is 15.9. The fourth-order valence-corrected chi connectivity index (χ4v) is 2.13. The molecule has 1 N–H and O–H groups in total. The Balaban J connectivity index is 3.54. The summed E-state index contributed by atoms with van der Waals surface area (Å²) in [5.74, 6) is 0. The van der Waals surface area contributed by atoms with Gasteiger partial charge >= 0.3 is 0 Å². The highest BCUT2D eigenvalue weighted by atomic mass is 15.1. The SMILES string of the molecule is CCCN(CCCCC(C)NCC)C(C)C. The molecule has 0 bridgehead atoms. The summed E-state index contributed by atoms with van der Waals surface area (Å²) in [6, 6.07) is 1.38. The van der Waals surface area contributed by atoms with Gasteiger partial charge in [0.1, 0.15) is 0 Å². The molecule has 1 unspecified atom stereocenters. The minimum absolute atomic E-state index is 0.684. The van der Waals surface area contributed by atoms with E-state index in [1.807, 2.05) is 0 Å². The van der Waals surface area contributed by atoms with Crippen LogP contribution in [0.4, 0.5) is 0 Å². The van der Waals surface area contributed by atoms with Crippen molar-refractivity contribution in [3.8, 4) is 0 Å². The van der Waals surface area contributed by atoms with Crippen LogP contribution < -0.4 is 5.32 Å². The fraction of sp³-hybridized carbons (Fsp3) is 1.00. The Labute approximate surface area is 103 Å². The summed E-state index contributed by atoms with van der Waals surface area (Å²) in [4.78, 5) is 2.60. The van der Waals surface area contributed by atoms with Crippen LogP contribution in [0.25, 0.3) is 0 Å². The normalized spacial score (nSPS) is 13.7. The van der Waals surface area contributed by atoms with E-state index in [1.165, 1.54) is 38.8 Å². The number of nitrogens with zero attached hydrogens (tertiary/aromatic N) is 1. The van der Waals surface area contributed by atoms with Crippen LogP contribution in [0.3, 0.4) is 0 Å². The molecule has 0 fully saturated rings. The predicted octanol–water partition coefficient (Wildman–Crippen LogP) is 3.28. The summed E-state index contributed by atoms with van der Waals surface area (Å²) in [5.41, 5.74) is 0. The van der Waals surface area contributed by atoms with Crippen LogP contribution in [0.2, 0.25) is 0 Å². The summed E-state index contributed by atoms with van der Waals surface area (Å²) in [6.45, 7) is 14.9. The predicted molar refractivity (Wildman–Crippen MR) is 74.0 cm³/mol. The van der Waals surface area contributed by atoms with Crippen molar-refractivity contribution in [2.24, 2.45) is 0 Å². The quantitative estimate of drug-likeness (QED) is 0.577. The standard InChI is InChI=1S/C14H32N2/c1-6-11-16(13(3)4)12-9-8-10-14(5)15-7-2/h13-15H,6-12H2,1-5H3. The molecular weight excluding hydrogens is 196 g/mol. The second kappa shape index (κ2) is 10.1. The molecule has 0 radical (unpaired) electrons. The summed E-state index contributed by atoms with van der Waals surface area (Å²) < 4.78 is 0. The van der Waals surface area contributed by atoms with E-state index >= 15 is 0 Å². The lowest BCUT2D eigenvalue weighted by molar-refractivity contribution is 0.216. The van der Waals surface area contributed by atoms with Gasteiger partial charge < -0.3 is 10.2 Å². The van der Waals surface area contributed by atoms with Crippen molar-refractivity contribution in [2.45, 2.75) is 72.4 Å². The zero-order chi connectivity index (χ0) is 12.4. The number of hydrogen-bond donors (Lipinski definition) is 1. The van der Waals surface area contributed by atoms with Crippen LogP contribution in [-0.4, -0.2) is 36.6 Å². The third kappa shape index (κ3) is 8.12. The molecule has 0 spiro atoms. The summed E-state index contributed by atoms with van der Waals surface area (Å²) in [6.07, 6.45) is 5.27. The monoisotopic (exact) mass is 228 g/mol. The molecule has 98 valence electrons. The van der Waals surface area contributed by atoms with Crippen molar-refractivity contribution in [3.05, 3.63) is 0 Å². The van der Waals surface area contributed by atoms with Crippen LogP contribution >= 0.6 is 0 Å². The van der Waals surface area contributed by atoms with Crippen molar-refractivity contribution in [3.63, 3.8) is 0 Å². The molecule has 0 aliphatic carbocycles. The van der Waals surface area contributed by atoms with Crippen molar-refractivity contribution in [2.75, 3.05) is 19.6 Å². The Hall–Kier alpha value is -0.0800. The van der Waals surface area contributed by atoms with E-state index in [-0.39, 0.29) is 0 Å². The smallest absolute Gasteiger partial charge is 0.00386 e. The van der Waals surface area contributed by atoms with Crippen molar-refractivity contribution < 1.29 is 0 Å². The first-order chi connectivity index (χ1) is 7.61. The van der Waals surface area contributed by atoms with Gasteiger partial charge in [-0.05, 0) is 59.7 Å². The van der Waals surface area contributed by atoms with Gasteiger partial charge in [0.15, 0.2) is 0 Å². The lowest BCUT2D eigenvalue weighted by atomic mass is 10.1. The van der Waals surface area contributed by atoms with Gasteiger partial charge in [-0.25, -0.2) is 0 Å². The van der Waals surface area contributed by atoms with Gasteiger partial charge in [0.05, 0.1) is 0 Å². The average molecular weight is 228 g/mol. The maximum atomic E-state index is 3.47. The zero-order valence-electron chi connectivity index (χ0n) is 12.1. The molecule has 0 amide bonds. The summed E-state index contributed by atoms with van der Waals surface area (Å²) in [5, 5.41) is 3.47. The van der Waals surface area contributed by atoms with E-state index in [1.54, 1.807) is 0 Å². The molecule has 0 aromatic carbocycles. The Kier molecular flexibility index (Phi) is 10.0. The van der Waals surface area contributed by atoms with E-state index in [4.69, 9.17) is 0 Å². The van der Waals surface area contributed by atoms with E-state index < -0.39 is 0 Å². The lowest BCUT2D eigenvalue weighted by Crippen LogP contribution is -2.32. The minimum Gasteiger partial charge on any atom is -0.315 e. The van der Waals surface area contributed by atoms with E-state index in [9.17, 15) is 0 Å². The Bertz CT molecular complexity index is 146. The molecule has 0 aromatic rings. The van der Waals surface area contributed by atoms with Crippen molar-refractivity contribution >= 4 is 0 Å². The van der Waals surface area contributed by atoms with Crippen LogP contribution in [-0.2, 0) is 0 Å². The highest BCUT2D eigenvalue weighted by Gasteiger charge is 2.07. The molecule has 16 heavy (non-hydrogen) atoms. The van der Waals surface area contributed by atoms with Gasteiger partial charge in [-0.3, -0.25) is 0 Å². The number of nitrogens with one attached hydrogen (secondary N) is 1. The van der Waals surface area contributed by atoms with Gasteiger partial charge in [-0.2, -0.15) is 0 Å². The topological polar surface area (TPSA) is 15.3 Å². The van der Waals surface area contributed by atoms with E-state index in [0.717, 1.165) is 6.54 Å². The van der Waals surface area contributed by atoms with Gasteiger partial charge in [0.2, 0.25) is 0 Å². The molecule has 0 aliphatic heterocycles. The number of unbranched alkanes of at least 4 members (excludes halogenated alkanes) is 1. The highest BCUT2D eigenvalue weighted by molar-refractivity contribution is 4.64. The average Bonchev–Trinajstić information content (AvgIpc) is 2.22. The summed E-state index contributed by atoms with van der Waals surface area (Å²) >= 11 is 0. The highest BCUT2D eigenvalue weighted by Crippen LogP contribution is 2.06. The lowest BCUT2D eigenvalue weighted by Gasteiger charge is -2.26. The van der Waals surface area contributed by atoms with Gasteiger partial charge in [-0.15, -0.1) is 0 Å². The van der Waals surface area contributed by atoms with Crippen molar-refractivity contribution in [1.29, 1.82) is 0 Å². The third-order valence-electron chi connectivity index (χ3n) is 3.13. The van der Waals surface area contributed by atoms with Gasteiger partial charge in [0.25, 0.3) is 0 Å². The minimum atomic E-state index is 0.684. The van der Waals surface area contributed by atoms with Gasteiger partial charge in [-0.1, -0.05) is 20.3 Å². The maximum absolute atomic E-state index is 3.47. The molecule has 0 aromatic heterocycles.